The quantitative estimate of drug-likeness (QED) is 0.409. The number of nitrogens with zero attached hydrogens (tertiary/aromatic N) is 5. The molecule has 3 aromatic heterocycles. The van der Waals surface area contributed by atoms with Crippen molar-refractivity contribution in [3.05, 3.63) is 40.0 Å². The highest BCUT2D eigenvalue weighted by Gasteiger charge is 2.83. The van der Waals surface area contributed by atoms with Crippen LogP contribution in [0.15, 0.2) is 23.7 Å². The predicted octanol–water partition coefficient (Wildman–Crippen LogP) is 4.43. The molecule has 1 aliphatic carbocycles. The molecule has 16 heteroatoms. The molecule has 1 amide bonds. The smallest absolute Gasteiger partial charge is 0.379 e. The molecule has 210 valence electrons. The zero-order valence-electron chi connectivity index (χ0n) is 20.5. The first-order valence-electron chi connectivity index (χ1n) is 11.7. The van der Waals surface area contributed by atoms with E-state index in [1.54, 1.807) is 0 Å². The van der Waals surface area contributed by atoms with Gasteiger partial charge in [0, 0.05) is 37.8 Å². The topological polar surface area (TPSA) is 94.5 Å². The van der Waals surface area contributed by atoms with E-state index < -0.39 is 55.5 Å². The summed E-state index contributed by atoms with van der Waals surface area (Å²) in [4.78, 5) is 28.4. The maximum Gasteiger partial charge on any atom is 0.410 e. The van der Waals surface area contributed by atoms with E-state index >= 15 is 0 Å². The molecule has 8 nitrogen and oxygen atoms in total. The van der Waals surface area contributed by atoms with Gasteiger partial charge in [-0.05, 0) is 26.0 Å². The van der Waals surface area contributed by atoms with Gasteiger partial charge in [-0.15, -0.1) is 22.7 Å². The second kappa shape index (κ2) is 9.67. The summed E-state index contributed by atoms with van der Waals surface area (Å²) in [6.45, 7) is 1.23. The Balaban J connectivity index is 1.25. The predicted molar refractivity (Wildman–Crippen MR) is 132 cm³/mol. The molecule has 4 heterocycles. The zero-order valence-corrected chi connectivity index (χ0v) is 22.1. The van der Waals surface area contributed by atoms with Gasteiger partial charge in [0.25, 0.3) is 5.91 Å². The first-order chi connectivity index (χ1) is 18.2. The summed E-state index contributed by atoms with van der Waals surface area (Å²) in [5.41, 5.74) is -1.52. The molecule has 2 N–H and O–H groups in total. The van der Waals surface area contributed by atoms with Gasteiger partial charge in [0.1, 0.15) is 11.9 Å². The monoisotopic (exact) mass is 592 g/mol. The van der Waals surface area contributed by atoms with E-state index in [1.807, 2.05) is 19.2 Å². The van der Waals surface area contributed by atoms with Gasteiger partial charge in [0.15, 0.2) is 10.7 Å². The number of alkyl halides is 6. The van der Waals surface area contributed by atoms with E-state index in [0.29, 0.717) is 15.8 Å². The van der Waals surface area contributed by atoms with Crippen LogP contribution in [0.25, 0.3) is 10.6 Å². The first kappa shape index (κ1) is 27.7. The van der Waals surface area contributed by atoms with Crippen molar-refractivity contribution in [2.45, 2.75) is 43.8 Å². The van der Waals surface area contributed by atoms with Gasteiger partial charge in [-0.2, -0.15) is 22.0 Å². The van der Waals surface area contributed by atoms with Crippen LogP contribution in [0.5, 0.6) is 0 Å². The van der Waals surface area contributed by atoms with Crippen molar-refractivity contribution in [1.82, 2.24) is 24.8 Å². The standard InChI is InChI=1S/C23H22F6N6O2S2/c1-11-17(39-12(2)31-11)14-9-38-20(32-14)33-16-4-3-13(7-30-16)18(36)35-6-5-34(8-15(35)23(27,28)29)10-21(37)19(24)22(21,25)26/h3-4,7,9,15,19,37H,5-6,8,10H2,1-2H3,(H,30,32,33). The number of thiazole rings is 2. The lowest BCUT2D eigenvalue weighted by molar-refractivity contribution is -0.191. The normalized spacial score (nSPS) is 25.1. The molecule has 0 spiro atoms. The van der Waals surface area contributed by atoms with E-state index in [1.165, 1.54) is 34.8 Å². The number of carbonyl (C=O) groups excluding carboxylic acids is 1. The molecule has 0 radical (unpaired) electrons. The summed E-state index contributed by atoms with van der Waals surface area (Å²) in [5, 5.41) is 16.1. The molecule has 2 fully saturated rings. The zero-order chi connectivity index (χ0) is 28.3. The Hall–Kier alpha value is -2.82. The molecule has 3 atom stereocenters. The molecule has 3 aromatic rings. The number of piperazine rings is 1. The number of pyridine rings is 1. The maximum absolute atomic E-state index is 13.8. The number of nitrogens with one attached hydrogen (secondary N) is 1. The number of hydrogen-bond acceptors (Lipinski definition) is 9. The van der Waals surface area contributed by atoms with Crippen LogP contribution >= 0.6 is 22.7 Å². The molecular formula is C23H22F6N6O2S2. The lowest BCUT2D eigenvalue weighted by Gasteiger charge is -2.42. The highest BCUT2D eigenvalue weighted by molar-refractivity contribution is 7.16. The Kier molecular flexibility index (Phi) is 6.88. The van der Waals surface area contributed by atoms with Crippen molar-refractivity contribution in [2.75, 3.05) is 31.5 Å². The van der Waals surface area contributed by atoms with Crippen LogP contribution in [-0.2, 0) is 0 Å². The van der Waals surface area contributed by atoms with Crippen molar-refractivity contribution < 1.29 is 36.2 Å². The van der Waals surface area contributed by atoms with Crippen molar-refractivity contribution in [3.63, 3.8) is 0 Å². The minimum Gasteiger partial charge on any atom is -0.379 e. The number of amides is 1. The number of rotatable bonds is 6. The van der Waals surface area contributed by atoms with Gasteiger partial charge in [-0.1, -0.05) is 0 Å². The maximum atomic E-state index is 13.8. The van der Waals surface area contributed by atoms with E-state index in [-0.39, 0.29) is 12.1 Å². The fourth-order valence-electron chi connectivity index (χ4n) is 4.51. The summed E-state index contributed by atoms with van der Waals surface area (Å²) < 4.78 is 81.7. The molecule has 1 aliphatic heterocycles. The Bertz CT molecular complexity index is 1380. The highest BCUT2D eigenvalue weighted by atomic mass is 32.1. The van der Waals surface area contributed by atoms with Crippen molar-refractivity contribution >= 4 is 39.5 Å². The van der Waals surface area contributed by atoms with Crippen LogP contribution in [0.4, 0.5) is 37.3 Å². The van der Waals surface area contributed by atoms with Crippen LogP contribution in [-0.4, -0.2) is 91.9 Å². The number of anilines is 2. The largest absolute Gasteiger partial charge is 0.410 e. The number of β-amino-alcohol motifs (C(OH)–C–C–N with tert-alkyl or cyclic N) is 1. The van der Waals surface area contributed by atoms with Crippen LogP contribution in [0, 0.1) is 13.8 Å². The fourth-order valence-corrected chi connectivity index (χ4v) is 6.17. The number of halogens is 6. The van der Waals surface area contributed by atoms with Crippen molar-refractivity contribution in [2.24, 2.45) is 0 Å². The molecular weight excluding hydrogens is 570 g/mol. The minimum atomic E-state index is -4.88. The molecule has 0 bridgehead atoms. The molecule has 5 rings (SSSR count). The average molecular weight is 593 g/mol. The molecule has 2 aliphatic rings. The SMILES string of the molecule is Cc1nc(C)c(-c2csc(Nc3ccc(C(=O)N4CCN(CC5(O)C(F)C5(F)F)CC4C(F)(F)F)cn3)n2)s1. The van der Waals surface area contributed by atoms with Crippen LogP contribution in [0.3, 0.4) is 0 Å². The molecule has 1 saturated heterocycles. The first-order valence-corrected chi connectivity index (χ1v) is 13.4. The third kappa shape index (κ3) is 5.10. The third-order valence-electron chi connectivity index (χ3n) is 6.69. The fraction of sp³-hybridized carbons (Fsp3) is 0.478. The summed E-state index contributed by atoms with van der Waals surface area (Å²) in [7, 11) is 0. The van der Waals surface area contributed by atoms with E-state index in [9.17, 15) is 36.2 Å². The van der Waals surface area contributed by atoms with E-state index in [2.05, 4.69) is 20.3 Å². The molecule has 1 saturated carbocycles. The lowest BCUT2D eigenvalue weighted by atomic mass is 10.1. The van der Waals surface area contributed by atoms with Gasteiger partial charge in [-0.3, -0.25) is 9.69 Å². The van der Waals surface area contributed by atoms with Crippen LogP contribution in [0.2, 0.25) is 0 Å². The number of aromatic nitrogens is 3. The Morgan fingerprint density at radius 3 is 2.51 bits per heavy atom. The number of aryl methyl sites for hydroxylation is 2. The Labute approximate surface area is 226 Å². The lowest BCUT2D eigenvalue weighted by Crippen LogP contribution is -2.61. The van der Waals surface area contributed by atoms with Crippen LogP contribution < -0.4 is 5.32 Å². The Morgan fingerprint density at radius 1 is 1.23 bits per heavy atom. The van der Waals surface area contributed by atoms with Gasteiger partial charge in [0.2, 0.25) is 6.17 Å². The van der Waals surface area contributed by atoms with Gasteiger partial charge in [0.05, 0.1) is 26.8 Å². The number of hydrogen-bond donors (Lipinski definition) is 2. The number of aliphatic hydroxyl groups is 1. The van der Waals surface area contributed by atoms with E-state index in [4.69, 9.17) is 0 Å². The third-order valence-corrected chi connectivity index (χ3v) is 8.54. The molecule has 3 unspecified atom stereocenters. The van der Waals surface area contributed by atoms with Gasteiger partial charge in [-0.25, -0.2) is 19.3 Å². The summed E-state index contributed by atoms with van der Waals surface area (Å²) in [6.07, 6.45) is -6.59. The second-order valence-corrected chi connectivity index (χ2v) is 11.5. The molecule has 0 aromatic carbocycles. The minimum absolute atomic E-state index is 0.102. The average Bonchev–Trinajstić information content (AvgIpc) is 3.30. The Morgan fingerprint density at radius 2 is 1.95 bits per heavy atom. The van der Waals surface area contributed by atoms with E-state index in [0.717, 1.165) is 32.4 Å². The summed E-state index contributed by atoms with van der Waals surface area (Å²) in [5.74, 6) is -4.64. The number of carbonyl (C=O) groups is 1. The van der Waals surface area contributed by atoms with Crippen LogP contribution in [0.1, 0.15) is 21.1 Å². The van der Waals surface area contributed by atoms with Crippen molar-refractivity contribution in [3.8, 4) is 10.6 Å². The highest BCUT2D eigenvalue weighted by Crippen LogP contribution is 2.55. The van der Waals surface area contributed by atoms with Gasteiger partial charge >= 0.3 is 12.1 Å². The summed E-state index contributed by atoms with van der Waals surface area (Å²) in [6, 6.07) is 0.420. The second-order valence-electron chi connectivity index (χ2n) is 9.44. The van der Waals surface area contributed by atoms with Gasteiger partial charge < -0.3 is 15.3 Å². The van der Waals surface area contributed by atoms with Crippen molar-refractivity contribution in [1.29, 1.82) is 0 Å². The summed E-state index contributed by atoms with van der Waals surface area (Å²) >= 11 is 2.84. The molecule has 39 heavy (non-hydrogen) atoms.